The van der Waals surface area contributed by atoms with Crippen molar-refractivity contribution >= 4 is 23.3 Å². The van der Waals surface area contributed by atoms with E-state index in [9.17, 15) is 18.0 Å². The molecular formula is C15H18F3N3OS. The smallest absolute Gasteiger partial charge is 0.351 e. The Labute approximate surface area is 136 Å². The number of hydrogen-bond donors (Lipinski definition) is 1. The van der Waals surface area contributed by atoms with Crippen molar-refractivity contribution in [1.29, 1.82) is 0 Å². The van der Waals surface area contributed by atoms with Gasteiger partial charge in [0.15, 0.2) is 5.69 Å². The summed E-state index contributed by atoms with van der Waals surface area (Å²) in [6.07, 6.45) is -2.19. The van der Waals surface area contributed by atoms with Crippen molar-refractivity contribution in [3.8, 4) is 0 Å². The summed E-state index contributed by atoms with van der Waals surface area (Å²) >= 11 is 1.75. The van der Waals surface area contributed by atoms with E-state index >= 15 is 0 Å². The van der Waals surface area contributed by atoms with Crippen molar-refractivity contribution in [2.75, 3.05) is 18.1 Å². The molecule has 0 aliphatic rings. The molecule has 2 aromatic heterocycles. The van der Waals surface area contributed by atoms with Gasteiger partial charge in [-0.05, 0) is 23.8 Å². The number of carbonyl (C=O) groups excluding carboxylic acids is 1. The van der Waals surface area contributed by atoms with Crippen LogP contribution in [0.2, 0.25) is 0 Å². The lowest BCUT2D eigenvalue weighted by molar-refractivity contribution is -0.140. The highest BCUT2D eigenvalue weighted by Crippen LogP contribution is 2.28. The summed E-state index contributed by atoms with van der Waals surface area (Å²) in [6.45, 7) is 4.77. The maximum atomic E-state index is 12.6. The second kappa shape index (κ2) is 7.25. The average Bonchev–Trinajstić information content (AvgIpc) is 2.89. The van der Waals surface area contributed by atoms with E-state index in [0.29, 0.717) is 18.0 Å². The fourth-order valence-corrected chi connectivity index (χ4v) is 2.80. The van der Waals surface area contributed by atoms with Gasteiger partial charge in [-0.2, -0.15) is 24.9 Å². The highest BCUT2D eigenvalue weighted by Gasteiger charge is 2.33. The van der Waals surface area contributed by atoms with Crippen molar-refractivity contribution < 1.29 is 18.0 Å². The van der Waals surface area contributed by atoms with Crippen LogP contribution >= 0.6 is 11.8 Å². The highest BCUT2D eigenvalue weighted by atomic mass is 32.2. The maximum absolute atomic E-state index is 12.6. The number of aromatic nitrogens is 2. The summed E-state index contributed by atoms with van der Waals surface area (Å²) in [6, 6.07) is 2.83. The van der Waals surface area contributed by atoms with E-state index in [1.807, 2.05) is 0 Å². The molecular weight excluding hydrogens is 327 g/mol. The van der Waals surface area contributed by atoms with E-state index < -0.39 is 11.9 Å². The van der Waals surface area contributed by atoms with Gasteiger partial charge < -0.3 is 9.72 Å². The third-order valence-electron chi connectivity index (χ3n) is 3.00. The van der Waals surface area contributed by atoms with Crippen molar-refractivity contribution in [3.63, 3.8) is 0 Å². The zero-order valence-corrected chi connectivity index (χ0v) is 13.7. The molecule has 2 heterocycles. The molecule has 0 saturated carbocycles. The number of pyridine rings is 1. The number of hydrogen-bond acceptors (Lipinski definition) is 3. The van der Waals surface area contributed by atoms with Crippen molar-refractivity contribution in [2.24, 2.45) is 5.92 Å². The minimum Gasteiger partial charge on any atom is -0.351 e. The fraction of sp³-hybridized carbons (Fsp3) is 0.467. The Hall–Kier alpha value is -1.70. The molecule has 0 aliphatic carbocycles. The van der Waals surface area contributed by atoms with E-state index in [4.69, 9.17) is 0 Å². The molecule has 4 nitrogen and oxygen atoms in total. The number of nitrogens with zero attached hydrogens (tertiary/aromatic N) is 2. The second-order valence-electron chi connectivity index (χ2n) is 5.53. The predicted molar refractivity (Wildman–Crippen MR) is 84.7 cm³/mol. The number of imidazole rings is 1. The minimum absolute atomic E-state index is 0.0964. The monoisotopic (exact) mass is 345 g/mol. The lowest BCUT2D eigenvalue weighted by Crippen LogP contribution is -2.26. The summed E-state index contributed by atoms with van der Waals surface area (Å²) in [5, 5.41) is 2.76. The van der Waals surface area contributed by atoms with Crippen LogP contribution in [0.15, 0.2) is 24.5 Å². The number of carbonyl (C=O) groups is 1. The van der Waals surface area contributed by atoms with Crippen LogP contribution in [0.1, 0.15) is 29.9 Å². The number of alkyl halides is 3. The zero-order chi connectivity index (χ0) is 17.0. The molecule has 0 saturated heterocycles. The van der Waals surface area contributed by atoms with Gasteiger partial charge in [0.1, 0.15) is 5.65 Å². The quantitative estimate of drug-likeness (QED) is 0.816. The Morgan fingerprint density at radius 3 is 2.83 bits per heavy atom. The first-order valence-corrected chi connectivity index (χ1v) is 8.34. The first-order chi connectivity index (χ1) is 10.8. The molecule has 126 valence electrons. The normalized spacial score (nSPS) is 12.1. The molecule has 0 aliphatic heterocycles. The van der Waals surface area contributed by atoms with Gasteiger partial charge >= 0.3 is 6.18 Å². The highest BCUT2D eigenvalue weighted by molar-refractivity contribution is 7.99. The van der Waals surface area contributed by atoms with Crippen LogP contribution in [0.3, 0.4) is 0 Å². The number of amides is 1. The first kappa shape index (κ1) is 17.7. The van der Waals surface area contributed by atoms with Gasteiger partial charge in [0, 0.05) is 30.3 Å². The number of nitrogens with one attached hydrogen (secondary N) is 1. The van der Waals surface area contributed by atoms with Crippen LogP contribution in [0.4, 0.5) is 13.2 Å². The van der Waals surface area contributed by atoms with Gasteiger partial charge in [-0.1, -0.05) is 13.8 Å². The standard InChI is InChI=1S/C15H18F3N3OS/c1-10(2)9-23-6-4-19-14(22)11-3-5-21-8-12(15(16,17)18)20-13(21)7-11/h3,5,7-8,10H,4,6,9H2,1-2H3,(H,19,22). The molecule has 0 bridgehead atoms. The molecule has 0 unspecified atom stereocenters. The van der Waals surface area contributed by atoms with E-state index in [0.717, 1.165) is 17.7 Å². The molecule has 0 fully saturated rings. The van der Waals surface area contributed by atoms with Crippen molar-refractivity contribution in [1.82, 2.24) is 14.7 Å². The molecule has 0 spiro atoms. The minimum atomic E-state index is -4.50. The van der Waals surface area contributed by atoms with Crippen molar-refractivity contribution in [2.45, 2.75) is 20.0 Å². The number of rotatable bonds is 6. The average molecular weight is 345 g/mol. The van der Waals surface area contributed by atoms with Crippen LogP contribution in [0.25, 0.3) is 5.65 Å². The van der Waals surface area contributed by atoms with E-state index in [-0.39, 0.29) is 11.6 Å². The third kappa shape index (κ3) is 4.89. The number of halogens is 3. The Kier molecular flexibility index (Phi) is 5.56. The van der Waals surface area contributed by atoms with Crippen LogP contribution in [-0.2, 0) is 6.18 Å². The van der Waals surface area contributed by atoms with E-state index in [1.54, 1.807) is 11.8 Å². The summed E-state index contributed by atoms with van der Waals surface area (Å²) in [5.41, 5.74) is -0.579. The van der Waals surface area contributed by atoms with E-state index in [1.165, 1.54) is 22.7 Å². The van der Waals surface area contributed by atoms with Crippen molar-refractivity contribution in [3.05, 3.63) is 35.8 Å². The topological polar surface area (TPSA) is 46.4 Å². The van der Waals surface area contributed by atoms with Gasteiger partial charge in [-0.15, -0.1) is 0 Å². The molecule has 1 amide bonds. The predicted octanol–water partition coefficient (Wildman–Crippen LogP) is 3.47. The molecule has 1 N–H and O–H groups in total. The van der Waals surface area contributed by atoms with E-state index in [2.05, 4.69) is 24.1 Å². The third-order valence-corrected chi connectivity index (χ3v) is 4.39. The molecule has 23 heavy (non-hydrogen) atoms. The Balaban J connectivity index is 1.98. The molecule has 0 aromatic carbocycles. The molecule has 2 rings (SSSR count). The summed E-state index contributed by atoms with van der Waals surface area (Å²) in [4.78, 5) is 15.5. The number of thioether (sulfide) groups is 1. The van der Waals surface area contributed by atoms with Gasteiger partial charge in [-0.25, -0.2) is 4.98 Å². The Bertz CT molecular complexity index is 682. The molecule has 0 atom stereocenters. The van der Waals surface area contributed by atoms with Gasteiger partial charge in [0.2, 0.25) is 0 Å². The first-order valence-electron chi connectivity index (χ1n) is 7.19. The zero-order valence-electron chi connectivity index (χ0n) is 12.9. The largest absolute Gasteiger partial charge is 0.434 e. The maximum Gasteiger partial charge on any atom is 0.434 e. The second-order valence-corrected chi connectivity index (χ2v) is 6.68. The Morgan fingerprint density at radius 2 is 2.17 bits per heavy atom. The summed E-state index contributed by atoms with van der Waals surface area (Å²) < 4.78 is 39.1. The van der Waals surface area contributed by atoms with Gasteiger partial charge in [0.05, 0.1) is 0 Å². The van der Waals surface area contributed by atoms with Crippen LogP contribution in [0.5, 0.6) is 0 Å². The summed E-state index contributed by atoms with van der Waals surface area (Å²) in [5.74, 6) is 2.11. The summed E-state index contributed by atoms with van der Waals surface area (Å²) in [7, 11) is 0. The molecule has 2 aromatic rings. The number of fused-ring (bicyclic) bond motifs is 1. The Morgan fingerprint density at radius 1 is 1.43 bits per heavy atom. The SMILES string of the molecule is CC(C)CSCCNC(=O)c1ccn2cc(C(F)(F)F)nc2c1. The fourth-order valence-electron chi connectivity index (χ4n) is 1.92. The lowest BCUT2D eigenvalue weighted by Gasteiger charge is -2.07. The van der Waals surface area contributed by atoms with Gasteiger partial charge in [0.25, 0.3) is 5.91 Å². The van der Waals surface area contributed by atoms with Crippen LogP contribution in [-0.4, -0.2) is 33.3 Å². The lowest BCUT2D eigenvalue weighted by atomic mass is 10.2. The van der Waals surface area contributed by atoms with Crippen LogP contribution < -0.4 is 5.32 Å². The van der Waals surface area contributed by atoms with Crippen LogP contribution in [0, 0.1) is 5.92 Å². The molecule has 0 radical (unpaired) electrons. The van der Waals surface area contributed by atoms with Gasteiger partial charge in [-0.3, -0.25) is 4.79 Å². The molecule has 8 heteroatoms.